The summed E-state index contributed by atoms with van der Waals surface area (Å²) in [5.74, 6) is -0.522. The minimum absolute atomic E-state index is 0.137. The van der Waals surface area contributed by atoms with Gasteiger partial charge in [0.1, 0.15) is 6.04 Å². The lowest BCUT2D eigenvalue weighted by Gasteiger charge is -2.08. The highest BCUT2D eigenvalue weighted by atomic mass is 16.5. The second-order valence-electron chi connectivity index (χ2n) is 3.15. The summed E-state index contributed by atoms with van der Waals surface area (Å²) in [6.45, 7) is 2.60. The first-order valence-electron chi connectivity index (χ1n) is 4.69. The molecule has 0 bridgehead atoms. The molecule has 0 spiro atoms. The van der Waals surface area contributed by atoms with E-state index in [9.17, 15) is 9.59 Å². The van der Waals surface area contributed by atoms with Crippen molar-refractivity contribution >= 4 is 5.97 Å². The van der Waals surface area contributed by atoms with Gasteiger partial charge >= 0.3 is 11.7 Å². The maximum atomic E-state index is 11.6. The number of ether oxygens (including phenoxy) is 1. The summed E-state index contributed by atoms with van der Waals surface area (Å²) in [7, 11) is 1.27. The SMILES string of the molecule is CCn1ccn(CC(N)C(=O)OC)c1=O. The van der Waals surface area contributed by atoms with Crippen molar-refractivity contribution in [2.75, 3.05) is 7.11 Å². The average Bonchev–Trinajstić information content (AvgIpc) is 2.58. The van der Waals surface area contributed by atoms with Crippen LogP contribution in [0.2, 0.25) is 0 Å². The van der Waals surface area contributed by atoms with Crippen LogP contribution in [-0.4, -0.2) is 28.3 Å². The number of nitrogens with two attached hydrogens (primary N) is 1. The Morgan fingerprint density at radius 1 is 1.53 bits per heavy atom. The molecule has 1 heterocycles. The normalized spacial score (nSPS) is 12.5. The molecule has 15 heavy (non-hydrogen) atoms. The van der Waals surface area contributed by atoms with E-state index in [1.807, 2.05) is 6.92 Å². The van der Waals surface area contributed by atoms with Crippen LogP contribution in [0.1, 0.15) is 6.92 Å². The molecule has 0 fully saturated rings. The molecule has 1 unspecified atom stereocenters. The molecule has 2 N–H and O–H groups in total. The van der Waals surface area contributed by atoms with Crippen LogP contribution in [0.4, 0.5) is 0 Å². The van der Waals surface area contributed by atoms with Gasteiger partial charge in [0.25, 0.3) is 0 Å². The van der Waals surface area contributed by atoms with E-state index in [-0.39, 0.29) is 12.2 Å². The van der Waals surface area contributed by atoms with Gasteiger partial charge in [-0.25, -0.2) is 4.79 Å². The number of carbonyl (C=O) groups excluding carboxylic acids is 1. The number of aryl methyl sites for hydroxylation is 1. The van der Waals surface area contributed by atoms with Crippen LogP contribution in [0.25, 0.3) is 0 Å². The van der Waals surface area contributed by atoms with Gasteiger partial charge in [0, 0.05) is 18.9 Å². The van der Waals surface area contributed by atoms with Crippen molar-refractivity contribution in [1.82, 2.24) is 9.13 Å². The molecule has 6 heteroatoms. The van der Waals surface area contributed by atoms with Crippen LogP contribution in [0.3, 0.4) is 0 Å². The Morgan fingerprint density at radius 3 is 2.60 bits per heavy atom. The smallest absolute Gasteiger partial charge is 0.328 e. The molecule has 0 radical (unpaired) electrons. The number of methoxy groups -OCH3 is 1. The molecule has 1 atom stereocenters. The molecule has 0 aliphatic carbocycles. The Kier molecular flexibility index (Phi) is 3.68. The molecular weight excluding hydrogens is 198 g/mol. The number of nitrogens with zero attached hydrogens (tertiary/aromatic N) is 2. The number of rotatable bonds is 4. The molecule has 0 aliphatic rings. The summed E-state index contributed by atoms with van der Waals surface area (Å²) in [5, 5.41) is 0. The van der Waals surface area contributed by atoms with Crippen molar-refractivity contribution in [2.45, 2.75) is 26.1 Å². The van der Waals surface area contributed by atoms with Gasteiger partial charge in [-0.1, -0.05) is 0 Å². The molecule has 1 rings (SSSR count). The van der Waals surface area contributed by atoms with Crippen LogP contribution in [0, 0.1) is 0 Å². The minimum atomic E-state index is -0.805. The van der Waals surface area contributed by atoms with Gasteiger partial charge in [0.15, 0.2) is 0 Å². The van der Waals surface area contributed by atoms with Gasteiger partial charge < -0.3 is 10.5 Å². The number of carbonyl (C=O) groups is 1. The van der Waals surface area contributed by atoms with Gasteiger partial charge in [0.05, 0.1) is 13.7 Å². The highest BCUT2D eigenvalue weighted by Crippen LogP contribution is 1.91. The average molecular weight is 213 g/mol. The van der Waals surface area contributed by atoms with Crippen LogP contribution >= 0.6 is 0 Å². The highest BCUT2D eigenvalue weighted by molar-refractivity contribution is 5.75. The highest BCUT2D eigenvalue weighted by Gasteiger charge is 2.15. The first kappa shape index (κ1) is 11.5. The summed E-state index contributed by atoms with van der Waals surface area (Å²) in [5.41, 5.74) is 5.37. The van der Waals surface area contributed by atoms with Crippen LogP contribution in [-0.2, 0) is 22.6 Å². The molecule has 0 amide bonds. The Bertz CT molecular complexity index is 394. The summed E-state index contributed by atoms with van der Waals surface area (Å²) >= 11 is 0. The maximum Gasteiger partial charge on any atom is 0.328 e. The zero-order chi connectivity index (χ0) is 11.4. The van der Waals surface area contributed by atoms with Gasteiger partial charge in [-0.3, -0.25) is 13.9 Å². The van der Waals surface area contributed by atoms with E-state index in [1.165, 1.54) is 16.2 Å². The van der Waals surface area contributed by atoms with Crippen molar-refractivity contribution in [3.8, 4) is 0 Å². The molecule has 0 saturated carbocycles. The molecule has 1 aromatic heterocycles. The molecule has 1 aromatic rings. The molecular formula is C9H15N3O3. The van der Waals surface area contributed by atoms with E-state index in [1.54, 1.807) is 12.4 Å². The van der Waals surface area contributed by atoms with E-state index in [4.69, 9.17) is 5.73 Å². The summed E-state index contributed by atoms with van der Waals surface area (Å²) in [6, 6.07) is -0.805. The number of hydrogen-bond donors (Lipinski definition) is 1. The Balaban J connectivity index is 2.77. The lowest BCUT2D eigenvalue weighted by molar-refractivity contribution is -0.142. The quantitative estimate of drug-likeness (QED) is 0.662. The second kappa shape index (κ2) is 4.79. The van der Waals surface area contributed by atoms with E-state index < -0.39 is 12.0 Å². The third-order valence-corrected chi connectivity index (χ3v) is 2.16. The van der Waals surface area contributed by atoms with Gasteiger partial charge in [-0.05, 0) is 6.92 Å². The zero-order valence-electron chi connectivity index (χ0n) is 8.84. The van der Waals surface area contributed by atoms with E-state index in [2.05, 4.69) is 4.74 Å². The summed E-state index contributed by atoms with van der Waals surface area (Å²) in [6.07, 6.45) is 3.26. The largest absolute Gasteiger partial charge is 0.468 e. The monoisotopic (exact) mass is 213 g/mol. The molecule has 0 aromatic carbocycles. The third-order valence-electron chi connectivity index (χ3n) is 2.16. The van der Waals surface area contributed by atoms with Gasteiger partial charge in [0.2, 0.25) is 0 Å². The van der Waals surface area contributed by atoms with Crippen LogP contribution in [0.5, 0.6) is 0 Å². The Labute approximate surface area is 87.2 Å². The zero-order valence-corrected chi connectivity index (χ0v) is 8.84. The Morgan fingerprint density at radius 2 is 2.13 bits per heavy atom. The van der Waals surface area contributed by atoms with Gasteiger partial charge in [-0.15, -0.1) is 0 Å². The predicted octanol–water partition coefficient (Wildman–Crippen LogP) is -0.830. The number of esters is 1. The summed E-state index contributed by atoms with van der Waals surface area (Å²) < 4.78 is 7.40. The lowest BCUT2D eigenvalue weighted by atomic mass is 10.3. The minimum Gasteiger partial charge on any atom is -0.468 e. The fourth-order valence-corrected chi connectivity index (χ4v) is 1.27. The van der Waals surface area contributed by atoms with Crippen LogP contribution in [0.15, 0.2) is 17.2 Å². The first-order valence-corrected chi connectivity index (χ1v) is 4.69. The third kappa shape index (κ3) is 2.47. The topological polar surface area (TPSA) is 79.2 Å². The van der Waals surface area contributed by atoms with Crippen molar-refractivity contribution < 1.29 is 9.53 Å². The van der Waals surface area contributed by atoms with Gasteiger partial charge in [-0.2, -0.15) is 0 Å². The van der Waals surface area contributed by atoms with Crippen molar-refractivity contribution in [1.29, 1.82) is 0 Å². The predicted molar refractivity (Wildman–Crippen MR) is 54.4 cm³/mol. The number of imidazole rings is 1. The van der Waals surface area contributed by atoms with Crippen molar-refractivity contribution in [3.05, 3.63) is 22.9 Å². The number of hydrogen-bond acceptors (Lipinski definition) is 4. The van der Waals surface area contributed by atoms with E-state index >= 15 is 0 Å². The Hall–Kier alpha value is -1.56. The molecule has 6 nitrogen and oxygen atoms in total. The van der Waals surface area contributed by atoms with E-state index in [0.29, 0.717) is 6.54 Å². The summed E-state index contributed by atoms with van der Waals surface area (Å²) in [4.78, 5) is 22.6. The second-order valence-corrected chi connectivity index (χ2v) is 3.15. The van der Waals surface area contributed by atoms with Crippen molar-refractivity contribution in [2.24, 2.45) is 5.73 Å². The standard InChI is InChI=1S/C9H15N3O3/c1-3-11-4-5-12(9(11)14)6-7(10)8(13)15-2/h4-5,7H,3,6,10H2,1-2H3. The van der Waals surface area contributed by atoms with E-state index in [0.717, 1.165) is 0 Å². The fourth-order valence-electron chi connectivity index (χ4n) is 1.27. The molecule has 0 saturated heterocycles. The molecule has 0 aliphatic heterocycles. The number of aromatic nitrogens is 2. The van der Waals surface area contributed by atoms with Crippen molar-refractivity contribution in [3.63, 3.8) is 0 Å². The fraction of sp³-hybridized carbons (Fsp3) is 0.556. The lowest BCUT2D eigenvalue weighted by Crippen LogP contribution is -2.39. The van der Waals surface area contributed by atoms with Crippen LogP contribution < -0.4 is 11.4 Å². The first-order chi connectivity index (χ1) is 7.10. The molecule has 84 valence electrons. The maximum absolute atomic E-state index is 11.6.